The van der Waals surface area contributed by atoms with Gasteiger partial charge in [-0.3, -0.25) is 0 Å². The summed E-state index contributed by atoms with van der Waals surface area (Å²) in [5.41, 5.74) is 0.356. The van der Waals surface area contributed by atoms with Crippen molar-refractivity contribution in [1.82, 2.24) is 0 Å². The molecule has 1 atom stereocenters. The van der Waals surface area contributed by atoms with E-state index in [1.165, 1.54) is 63.5 Å². The molecule has 2 aliphatic carbocycles. The number of nitriles is 1. The van der Waals surface area contributed by atoms with Gasteiger partial charge in [-0.05, 0) is 92.5 Å². The molecule has 1 aromatic rings. The van der Waals surface area contributed by atoms with Crippen molar-refractivity contribution in [2.45, 2.75) is 83.0 Å². The number of benzene rings is 1. The molecule has 0 aromatic heterocycles. The van der Waals surface area contributed by atoms with Gasteiger partial charge in [-0.15, -0.1) is 0 Å². The van der Waals surface area contributed by atoms with E-state index >= 15 is 0 Å². The van der Waals surface area contributed by atoms with E-state index in [0.717, 1.165) is 36.5 Å². The maximum Gasteiger partial charge on any atom is 0.142 e. The van der Waals surface area contributed by atoms with Crippen molar-refractivity contribution in [3.05, 3.63) is 29.3 Å². The van der Waals surface area contributed by atoms with Crippen LogP contribution in [0.4, 0.5) is 8.78 Å². The topological polar surface area (TPSA) is 23.8 Å². The Labute approximate surface area is 185 Å². The van der Waals surface area contributed by atoms with Crippen LogP contribution >= 0.6 is 11.8 Å². The quantitative estimate of drug-likeness (QED) is 0.269. The molecule has 4 heteroatoms. The van der Waals surface area contributed by atoms with Gasteiger partial charge >= 0.3 is 0 Å². The molecule has 0 radical (unpaired) electrons. The van der Waals surface area contributed by atoms with E-state index in [4.69, 9.17) is 5.26 Å². The van der Waals surface area contributed by atoms with Gasteiger partial charge in [-0.25, -0.2) is 8.78 Å². The lowest BCUT2D eigenvalue weighted by Gasteiger charge is -2.37. The Hall–Kier alpha value is -1.52. The van der Waals surface area contributed by atoms with Crippen LogP contribution in [-0.2, 0) is 0 Å². The monoisotopic (exact) mass is 429 g/mol. The van der Waals surface area contributed by atoms with Gasteiger partial charge in [0.1, 0.15) is 17.0 Å². The van der Waals surface area contributed by atoms with Crippen LogP contribution in [0.5, 0.6) is 0 Å². The van der Waals surface area contributed by atoms with Gasteiger partial charge in [-0.1, -0.05) is 45.0 Å². The number of rotatable bonds is 5. The van der Waals surface area contributed by atoms with Crippen molar-refractivity contribution in [1.29, 1.82) is 5.26 Å². The fraction of sp³-hybridized carbons (Fsp3) is 0.654. The fourth-order valence-corrected chi connectivity index (χ4v) is 5.73. The summed E-state index contributed by atoms with van der Waals surface area (Å²) in [5, 5.41) is 10.3. The molecule has 0 spiro atoms. The highest BCUT2D eigenvalue weighted by atomic mass is 32.2. The number of thioether (sulfide) groups is 1. The van der Waals surface area contributed by atoms with Crippen molar-refractivity contribution in [2.75, 3.05) is 0 Å². The predicted molar refractivity (Wildman–Crippen MR) is 120 cm³/mol. The van der Waals surface area contributed by atoms with Crippen LogP contribution < -0.4 is 0 Å². The number of hydrogen-bond acceptors (Lipinski definition) is 2. The number of thiocyanates is 1. The lowest BCUT2D eigenvalue weighted by molar-refractivity contribution is 0.147. The Morgan fingerprint density at radius 3 is 2.10 bits per heavy atom. The molecular formula is C26H33F2NS. The summed E-state index contributed by atoms with van der Waals surface area (Å²) in [4.78, 5) is -0.248. The van der Waals surface area contributed by atoms with Crippen LogP contribution in [0.3, 0.4) is 0 Å². The Morgan fingerprint density at radius 1 is 1.00 bits per heavy atom. The Morgan fingerprint density at radius 2 is 1.57 bits per heavy atom. The Bertz CT molecular complexity index is 780. The van der Waals surface area contributed by atoms with Crippen LogP contribution in [-0.4, -0.2) is 0 Å². The number of nitrogens with zero attached hydrogens (tertiary/aromatic N) is 1. The van der Waals surface area contributed by atoms with Gasteiger partial charge in [-0.2, -0.15) is 5.26 Å². The molecular weight excluding hydrogens is 396 g/mol. The molecule has 0 bridgehead atoms. The molecule has 0 amide bonds. The molecule has 0 heterocycles. The van der Waals surface area contributed by atoms with E-state index < -0.39 is 11.6 Å². The van der Waals surface area contributed by atoms with E-state index in [0.29, 0.717) is 23.2 Å². The van der Waals surface area contributed by atoms with Crippen molar-refractivity contribution < 1.29 is 8.78 Å². The molecule has 2 fully saturated rings. The molecule has 1 aromatic carbocycles. The van der Waals surface area contributed by atoms with E-state index in [1.807, 2.05) is 0 Å². The van der Waals surface area contributed by atoms with E-state index in [2.05, 4.69) is 25.7 Å². The largest absolute Gasteiger partial charge is 0.206 e. The van der Waals surface area contributed by atoms with Crippen LogP contribution in [0.15, 0.2) is 17.0 Å². The average molecular weight is 430 g/mol. The second-order valence-electron chi connectivity index (χ2n) is 9.37. The summed E-state index contributed by atoms with van der Waals surface area (Å²) in [6, 6.07) is 2.47. The van der Waals surface area contributed by atoms with Gasteiger partial charge < -0.3 is 0 Å². The summed E-state index contributed by atoms with van der Waals surface area (Å²) >= 11 is 0.508. The summed E-state index contributed by atoms with van der Waals surface area (Å²) in [7, 11) is 0. The van der Waals surface area contributed by atoms with Gasteiger partial charge in [0.15, 0.2) is 0 Å². The minimum Gasteiger partial charge on any atom is -0.206 e. The van der Waals surface area contributed by atoms with E-state index in [9.17, 15) is 8.78 Å². The molecule has 0 saturated heterocycles. The molecule has 30 heavy (non-hydrogen) atoms. The number of hydrogen-bond donors (Lipinski definition) is 0. The van der Waals surface area contributed by atoms with Gasteiger partial charge in [0.25, 0.3) is 0 Å². The first-order valence-electron chi connectivity index (χ1n) is 11.6. The first-order chi connectivity index (χ1) is 14.5. The summed E-state index contributed by atoms with van der Waals surface area (Å²) in [5.74, 6) is 8.65. The zero-order chi connectivity index (χ0) is 21.5. The zero-order valence-electron chi connectivity index (χ0n) is 18.2. The maximum absolute atomic E-state index is 14.0. The maximum atomic E-state index is 14.0. The summed E-state index contributed by atoms with van der Waals surface area (Å²) in [6.45, 7) is 4.68. The molecule has 3 rings (SSSR count). The molecule has 162 valence electrons. The van der Waals surface area contributed by atoms with E-state index in [1.54, 1.807) is 5.40 Å². The third-order valence-corrected chi connectivity index (χ3v) is 8.01. The van der Waals surface area contributed by atoms with Crippen molar-refractivity contribution in [3.8, 4) is 17.2 Å². The molecule has 0 N–H and O–H groups in total. The SMILES string of the molecule is CCC(C)CC1CCC(C2CCC(C#Cc3cc(F)c(SC#N)c(F)c3)CC2)CC1. The van der Waals surface area contributed by atoms with Crippen LogP contribution in [0.25, 0.3) is 0 Å². The highest BCUT2D eigenvalue weighted by molar-refractivity contribution is 8.03. The fourth-order valence-electron chi connectivity index (χ4n) is 5.33. The minimum absolute atomic E-state index is 0.248. The first-order valence-corrected chi connectivity index (χ1v) is 12.4. The minimum atomic E-state index is -0.710. The smallest absolute Gasteiger partial charge is 0.142 e. The third kappa shape index (κ3) is 6.24. The van der Waals surface area contributed by atoms with E-state index in [-0.39, 0.29) is 4.90 Å². The standard InChI is InChI=1S/C26H33F2NS/c1-3-18(2)14-20-8-12-23(13-9-20)22-10-6-19(7-11-22)4-5-21-15-24(27)26(30-17-29)25(28)16-21/h15-16,18-20,22-23H,3,6-14H2,1-2H3. The predicted octanol–water partition coefficient (Wildman–Crippen LogP) is 7.94. The molecule has 1 unspecified atom stereocenters. The lowest BCUT2D eigenvalue weighted by Crippen LogP contribution is -2.26. The van der Waals surface area contributed by atoms with Crippen molar-refractivity contribution in [3.63, 3.8) is 0 Å². The normalized spacial score (nSPS) is 27.6. The van der Waals surface area contributed by atoms with Gasteiger partial charge in [0.2, 0.25) is 0 Å². The lowest BCUT2D eigenvalue weighted by atomic mass is 9.68. The summed E-state index contributed by atoms with van der Waals surface area (Å²) in [6.07, 6.45) is 13.0. The Kier molecular flexibility index (Phi) is 8.64. The first kappa shape index (κ1) is 23.1. The zero-order valence-corrected chi connectivity index (χ0v) is 19.0. The Balaban J connectivity index is 1.48. The number of halogens is 2. The van der Waals surface area contributed by atoms with Gasteiger partial charge in [0.05, 0.1) is 4.90 Å². The second-order valence-corrected chi connectivity index (χ2v) is 10.2. The second kappa shape index (κ2) is 11.2. The molecule has 0 aliphatic heterocycles. The third-order valence-electron chi connectivity index (χ3n) is 7.33. The van der Waals surface area contributed by atoms with Crippen LogP contribution in [0, 0.1) is 63.7 Å². The molecule has 2 saturated carbocycles. The average Bonchev–Trinajstić information content (AvgIpc) is 2.75. The van der Waals surface area contributed by atoms with Crippen LogP contribution in [0.2, 0.25) is 0 Å². The highest BCUT2D eigenvalue weighted by Crippen LogP contribution is 2.42. The van der Waals surface area contributed by atoms with Crippen molar-refractivity contribution >= 4 is 11.8 Å². The summed E-state index contributed by atoms with van der Waals surface area (Å²) < 4.78 is 27.9. The van der Waals surface area contributed by atoms with Gasteiger partial charge in [0, 0.05) is 11.5 Å². The molecule has 1 nitrogen and oxygen atoms in total. The van der Waals surface area contributed by atoms with Crippen molar-refractivity contribution in [2.24, 2.45) is 29.6 Å². The highest BCUT2D eigenvalue weighted by Gasteiger charge is 2.30. The van der Waals surface area contributed by atoms with Crippen LogP contribution in [0.1, 0.15) is 83.6 Å². The molecule has 2 aliphatic rings.